The Morgan fingerprint density at radius 3 is 2.76 bits per heavy atom. The third-order valence-electron chi connectivity index (χ3n) is 4.10. The standard InChI is InChI=1S/C18H29NOS/c1-16(2)13-19-14-18(9-6-11-20-15-18)10-12-21-17-7-4-3-5-8-17/h3-5,7-8,16,19H,6,9-15H2,1-2H3. The molecule has 0 spiro atoms. The molecule has 0 bridgehead atoms. The zero-order valence-electron chi connectivity index (χ0n) is 13.4. The monoisotopic (exact) mass is 307 g/mol. The van der Waals surface area contributed by atoms with Crippen molar-refractivity contribution in [2.75, 3.05) is 32.1 Å². The fourth-order valence-corrected chi connectivity index (χ4v) is 3.98. The molecule has 1 N–H and O–H groups in total. The Hall–Kier alpha value is -0.510. The summed E-state index contributed by atoms with van der Waals surface area (Å²) in [5, 5.41) is 3.65. The Morgan fingerprint density at radius 2 is 2.10 bits per heavy atom. The summed E-state index contributed by atoms with van der Waals surface area (Å²) in [5.74, 6) is 1.89. The summed E-state index contributed by atoms with van der Waals surface area (Å²) in [7, 11) is 0. The van der Waals surface area contributed by atoms with E-state index in [9.17, 15) is 0 Å². The molecule has 0 radical (unpaired) electrons. The summed E-state index contributed by atoms with van der Waals surface area (Å²) in [5.41, 5.74) is 0.342. The van der Waals surface area contributed by atoms with Gasteiger partial charge in [-0.1, -0.05) is 32.0 Å². The molecule has 0 amide bonds. The zero-order chi connectivity index (χ0) is 15.0. The molecule has 1 fully saturated rings. The van der Waals surface area contributed by atoms with Crippen LogP contribution < -0.4 is 5.32 Å². The number of nitrogens with one attached hydrogen (secondary N) is 1. The molecule has 1 aromatic carbocycles. The molecule has 0 aromatic heterocycles. The van der Waals surface area contributed by atoms with E-state index in [0.29, 0.717) is 11.3 Å². The van der Waals surface area contributed by atoms with Crippen LogP contribution in [0.15, 0.2) is 35.2 Å². The second-order valence-corrected chi connectivity index (χ2v) is 7.76. The predicted molar refractivity (Wildman–Crippen MR) is 92.0 cm³/mol. The Bertz CT molecular complexity index is 387. The van der Waals surface area contributed by atoms with Crippen LogP contribution in [0.4, 0.5) is 0 Å². The van der Waals surface area contributed by atoms with Crippen LogP contribution in [-0.2, 0) is 4.74 Å². The second-order valence-electron chi connectivity index (χ2n) is 6.59. The Labute approximate surface area is 134 Å². The van der Waals surface area contributed by atoms with Gasteiger partial charge in [0.15, 0.2) is 0 Å². The summed E-state index contributed by atoms with van der Waals surface area (Å²) in [6, 6.07) is 10.7. The Balaban J connectivity index is 1.81. The van der Waals surface area contributed by atoms with Crippen LogP contribution in [0.1, 0.15) is 33.1 Å². The van der Waals surface area contributed by atoms with Crippen LogP contribution in [0.3, 0.4) is 0 Å². The first-order chi connectivity index (χ1) is 10.2. The van der Waals surface area contributed by atoms with Gasteiger partial charge in [0.25, 0.3) is 0 Å². The van der Waals surface area contributed by atoms with Gasteiger partial charge in [0.1, 0.15) is 0 Å². The quantitative estimate of drug-likeness (QED) is 0.727. The molecule has 1 aromatic rings. The molecule has 0 saturated carbocycles. The molecule has 0 aliphatic carbocycles. The van der Waals surface area contributed by atoms with Crippen molar-refractivity contribution < 1.29 is 4.74 Å². The molecule has 1 saturated heterocycles. The highest BCUT2D eigenvalue weighted by atomic mass is 32.2. The number of hydrogen-bond donors (Lipinski definition) is 1. The predicted octanol–water partition coefficient (Wildman–Crippen LogP) is 4.21. The Kier molecular flexibility index (Phi) is 7.08. The van der Waals surface area contributed by atoms with E-state index in [-0.39, 0.29) is 0 Å². The lowest BCUT2D eigenvalue weighted by Gasteiger charge is -2.37. The van der Waals surface area contributed by atoms with E-state index < -0.39 is 0 Å². The highest BCUT2D eigenvalue weighted by Crippen LogP contribution is 2.34. The van der Waals surface area contributed by atoms with Crippen molar-refractivity contribution in [3.8, 4) is 0 Å². The maximum absolute atomic E-state index is 5.80. The van der Waals surface area contributed by atoms with Gasteiger partial charge in [0, 0.05) is 23.5 Å². The molecule has 118 valence electrons. The minimum absolute atomic E-state index is 0.342. The molecule has 1 aliphatic heterocycles. The molecule has 2 rings (SSSR count). The smallest absolute Gasteiger partial charge is 0.0534 e. The van der Waals surface area contributed by atoms with Gasteiger partial charge >= 0.3 is 0 Å². The topological polar surface area (TPSA) is 21.3 Å². The SMILES string of the molecule is CC(C)CNCC1(CCSc2ccccc2)CCCOC1. The van der Waals surface area contributed by atoms with E-state index in [1.54, 1.807) is 0 Å². The summed E-state index contributed by atoms with van der Waals surface area (Å²) in [4.78, 5) is 1.37. The van der Waals surface area contributed by atoms with Crippen LogP contribution in [0.5, 0.6) is 0 Å². The van der Waals surface area contributed by atoms with Crippen LogP contribution >= 0.6 is 11.8 Å². The van der Waals surface area contributed by atoms with Gasteiger partial charge in [0.05, 0.1) is 6.61 Å². The van der Waals surface area contributed by atoms with Gasteiger partial charge in [-0.25, -0.2) is 0 Å². The third kappa shape index (κ3) is 6.01. The van der Waals surface area contributed by atoms with E-state index in [2.05, 4.69) is 49.5 Å². The van der Waals surface area contributed by atoms with E-state index in [1.165, 1.54) is 29.9 Å². The van der Waals surface area contributed by atoms with Crippen LogP contribution in [0, 0.1) is 11.3 Å². The Morgan fingerprint density at radius 1 is 1.29 bits per heavy atom. The molecular formula is C18H29NOS. The second kappa shape index (κ2) is 8.82. The zero-order valence-corrected chi connectivity index (χ0v) is 14.3. The van der Waals surface area contributed by atoms with Gasteiger partial charge in [-0.05, 0) is 49.6 Å². The fourth-order valence-electron chi connectivity index (χ4n) is 2.86. The molecule has 3 heteroatoms. The summed E-state index contributed by atoms with van der Waals surface area (Å²) in [6.45, 7) is 8.60. The number of thioether (sulfide) groups is 1. The lowest BCUT2D eigenvalue weighted by Crippen LogP contribution is -2.42. The van der Waals surface area contributed by atoms with Crippen molar-refractivity contribution in [3.63, 3.8) is 0 Å². The molecule has 1 aliphatic rings. The highest BCUT2D eigenvalue weighted by Gasteiger charge is 2.32. The largest absolute Gasteiger partial charge is 0.381 e. The van der Waals surface area contributed by atoms with Gasteiger partial charge in [-0.15, -0.1) is 11.8 Å². The molecule has 21 heavy (non-hydrogen) atoms. The van der Waals surface area contributed by atoms with E-state index in [1.807, 2.05) is 11.8 Å². The molecule has 1 unspecified atom stereocenters. The van der Waals surface area contributed by atoms with E-state index in [4.69, 9.17) is 4.74 Å². The lowest BCUT2D eigenvalue weighted by atomic mass is 9.80. The van der Waals surface area contributed by atoms with E-state index >= 15 is 0 Å². The molecule has 1 atom stereocenters. The van der Waals surface area contributed by atoms with Gasteiger partial charge in [0.2, 0.25) is 0 Å². The minimum atomic E-state index is 0.342. The van der Waals surface area contributed by atoms with E-state index in [0.717, 1.165) is 26.3 Å². The highest BCUT2D eigenvalue weighted by molar-refractivity contribution is 7.99. The van der Waals surface area contributed by atoms with Gasteiger partial charge in [-0.2, -0.15) is 0 Å². The summed E-state index contributed by atoms with van der Waals surface area (Å²) in [6.07, 6.45) is 3.74. The van der Waals surface area contributed by atoms with Crippen molar-refractivity contribution in [2.24, 2.45) is 11.3 Å². The summed E-state index contributed by atoms with van der Waals surface area (Å²) < 4.78 is 5.80. The van der Waals surface area contributed by atoms with Gasteiger partial charge < -0.3 is 10.1 Å². The van der Waals surface area contributed by atoms with Crippen molar-refractivity contribution in [1.29, 1.82) is 0 Å². The average molecular weight is 308 g/mol. The third-order valence-corrected chi connectivity index (χ3v) is 5.11. The fraction of sp³-hybridized carbons (Fsp3) is 0.667. The number of benzene rings is 1. The maximum atomic E-state index is 5.80. The number of rotatable bonds is 8. The molecule has 2 nitrogen and oxygen atoms in total. The molecule has 1 heterocycles. The van der Waals surface area contributed by atoms with Crippen molar-refractivity contribution in [1.82, 2.24) is 5.32 Å². The summed E-state index contributed by atoms with van der Waals surface area (Å²) >= 11 is 1.97. The van der Waals surface area contributed by atoms with Crippen LogP contribution in [-0.4, -0.2) is 32.1 Å². The normalized spacial score (nSPS) is 22.6. The maximum Gasteiger partial charge on any atom is 0.0534 e. The number of hydrogen-bond acceptors (Lipinski definition) is 3. The lowest BCUT2D eigenvalue weighted by molar-refractivity contribution is -0.00897. The van der Waals surface area contributed by atoms with Gasteiger partial charge in [-0.3, -0.25) is 0 Å². The molecular weight excluding hydrogens is 278 g/mol. The first-order valence-corrected chi connectivity index (χ1v) is 9.15. The first-order valence-electron chi connectivity index (χ1n) is 8.17. The average Bonchev–Trinajstić information content (AvgIpc) is 2.49. The first kappa shape index (κ1) is 16.9. The van der Waals surface area contributed by atoms with Crippen molar-refractivity contribution in [3.05, 3.63) is 30.3 Å². The van der Waals surface area contributed by atoms with Crippen molar-refractivity contribution >= 4 is 11.8 Å². The number of ether oxygens (including phenoxy) is 1. The van der Waals surface area contributed by atoms with Crippen LogP contribution in [0.25, 0.3) is 0 Å². The van der Waals surface area contributed by atoms with Crippen LogP contribution in [0.2, 0.25) is 0 Å². The minimum Gasteiger partial charge on any atom is -0.381 e. The van der Waals surface area contributed by atoms with Crippen molar-refractivity contribution in [2.45, 2.75) is 38.0 Å².